The molecule has 0 amide bonds. The Bertz CT molecular complexity index is 737. The molecule has 1 heterocycles. The first kappa shape index (κ1) is 16.1. The molecule has 0 saturated carbocycles. The van der Waals surface area contributed by atoms with Crippen molar-refractivity contribution < 1.29 is 9.18 Å². The van der Waals surface area contributed by atoms with Crippen molar-refractivity contribution in [3.05, 3.63) is 46.6 Å². The third-order valence-electron chi connectivity index (χ3n) is 3.02. The molecule has 4 nitrogen and oxygen atoms in total. The molecular weight excluding hydrogens is 305 g/mol. The zero-order valence-corrected chi connectivity index (χ0v) is 12.7. The van der Waals surface area contributed by atoms with Gasteiger partial charge in [-0.15, -0.1) is 0 Å². The number of halogens is 2. The van der Waals surface area contributed by atoms with Gasteiger partial charge in [-0.1, -0.05) is 24.6 Å². The maximum Gasteiger partial charge on any atom is 0.181 e. The lowest BCUT2D eigenvalue weighted by atomic mass is 10.1. The van der Waals surface area contributed by atoms with Crippen molar-refractivity contribution in [2.24, 2.45) is 0 Å². The summed E-state index contributed by atoms with van der Waals surface area (Å²) in [5.74, 6) is -0.212. The summed E-state index contributed by atoms with van der Waals surface area (Å²) >= 11 is 5.69. The van der Waals surface area contributed by atoms with E-state index in [-0.39, 0.29) is 10.8 Å². The van der Waals surface area contributed by atoms with Crippen LogP contribution < -0.4 is 0 Å². The summed E-state index contributed by atoms with van der Waals surface area (Å²) in [5, 5.41) is 7.01. The van der Waals surface area contributed by atoms with Gasteiger partial charge in [-0.25, -0.2) is 9.37 Å². The highest BCUT2D eigenvalue weighted by atomic mass is 35.5. The van der Waals surface area contributed by atoms with Gasteiger partial charge in [-0.05, 0) is 30.7 Å². The summed E-state index contributed by atoms with van der Waals surface area (Å²) in [7, 11) is 0. The van der Waals surface area contributed by atoms with Crippen LogP contribution in [0.5, 0.6) is 0 Å². The second-order valence-electron chi connectivity index (χ2n) is 4.67. The number of hydrogen-bond donors (Lipinski definition) is 2. The maximum absolute atomic E-state index is 13.7. The van der Waals surface area contributed by atoms with E-state index in [2.05, 4.69) is 9.97 Å². The number of Topliss-reactive ketones (excluding diaryl/α,β-unsaturated/α-hetero) is 1. The molecule has 0 atom stereocenters. The topological polar surface area (TPSA) is 69.6 Å². The zero-order valence-electron chi connectivity index (χ0n) is 12.0. The molecule has 0 aliphatic heterocycles. The minimum Gasteiger partial charge on any atom is -0.336 e. The monoisotopic (exact) mass is 319 g/mol. The molecule has 1 aromatic heterocycles. The number of aromatic nitrogens is 2. The van der Waals surface area contributed by atoms with E-state index in [9.17, 15) is 9.18 Å². The highest BCUT2D eigenvalue weighted by Crippen LogP contribution is 2.27. The average molecular weight is 320 g/mol. The lowest BCUT2D eigenvalue weighted by Gasteiger charge is -2.02. The van der Waals surface area contributed by atoms with Crippen LogP contribution >= 0.6 is 11.6 Å². The van der Waals surface area contributed by atoms with Gasteiger partial charge < -0.3 is 10.4 Å². The largest absolute Gasteiger partial charge is 0.336 e. The van der Waals surface area contributed by atoms with Crippen LogP contribution in [0, 0.1) is 11.2 Å². The fraction of sp³-hybridized carbons (Fsp3) is 0.188. The second kappa shape index (κ2) is 7.13. The molecule has 2 N–H and O–H groups in total. The summed E-state index contributed by atoms with van der Waals surface area (Å²) in [6.07, 6.45) is 5.25. The molecule has 0 radical (unpaired) electrons. The van der Waals surface area contributed by atoms with Gasteiger partial charge in [-0.2, -0.15) is 0 Å². The summed E-state index contributed by atoms with van der Waals surface area (Å²) in [4.78, 5) is 19.5. The van der Waals surface area contributed by atoms with E-state index in [1.54, 1.807) is 12.1 Å². The van der Waals surface area contributed by atoms with Crippen molar-refractivity contribution in [1.29, 1.82) is 5.41 Å². The number of nitrogens with zero attached hydrogens (tertiary/aromatic N) is 1. The third-order valence-corrected chi connectivity index (χ3v) is 3.33. The highest BCUT2D eigenvalue weighted by Gasteiger charge is 2.18. The third kappa shape index (κ3) is 3.49. The van der Waals surface area contributed by atoms with E-state index < -0.39 is 5.82 Å². The predicted octanol–water partition coefficient (Wildman–Crippen LogP) is 4.51. The summed E-state index contributed by atoms with van der Waals surface area (Å²) in [5.41, 5.74) is 1.21. The van der Waals surface area contributed by atoms with Crippen LogP contribution in [-0.2, 0) is 0 Å². The number of carbonyl (C=O) groups excluding carboxylic acids is 1. The van der Waals surface area contributed by atoms with Gasteiger partial charge in [-0.3, -0.25) is 4.79 Å². The van der Waals surface area contributed by atoms with E-state index in [4.69, 9.17) is 17.0 Å². The van der Waals surface area contributed by atoms with Crippen molar-refractivity contribution in [2.45, 2.75) is 19.8 Å². The van der Waals surface area contributed by atoms with Crippen molar-refractivity contribution in [1.82, 2.24) is 9.97 Å². The molecule has 1 aromatic carbocycles. The Labute approximate surface area is 132 Å². The van der Waals surface area contributed by atoms with Gasteiger partial charge in [0.1, 0.15) is 17.3 Å². The standard InChI is InChI=1S/C16H15ClFN3O/c1-2-4-13(22)16-15(20-14(21-16)5-3-8-19)10-6-7-11(17)12(18)9-10/h3,5-9,19H,2,4H2,1H3,(H,20,21)/b5-3-,19-8?. The van der Waals surface area contributed by atoms with E-state index in [1.165, 1.54) is 18.2 Å². The fourth-order valence-electron chi connectivity index (χ4n) is 2.02. The molecule has 2 rings (SSSR count). The number of imidazole rings is 1. The molecule has 0 aliphatic carbocycles. The first-order valence-electron chi connectivity index (χ1n) is 6.82. The molecular formula is C16H15ClFN3O. The Hall–Kier alpha value is -2.27. The first-order chi connectivity index (χ1) is 10.6. The molecule has 0 fully saturated rings. The SMILES string of the molecule is CCCC(=O)c1[nH]c(/C=C\C=N)nc1-c1ccc(Cl)c(F)c1. The molecule has 22 heavy (non-hydrogen) atoms. The van der Waals surface area contributed by atoms with Gasteiger partial charge in [0.25, 0.3) is 0 Å². The van der Waals surface area contributed by atoms with Crippen LogP contribution in [0.4, 0.5) is 4.39 Å². The Morgan fingerprint density at radius 1 is 1.50 bits per heavy atom. The lowest BCUT2D eigenvalue weighted by Crippen LogP contribution is -2.01. The Morgan fingerprint density at radius 3 is 2.91 bits per heavy atom. The van der Waals surface area contributed by atoms with Crippen molar-refractivity contribution in [2.75, 3.05) is 0 Å². The van der Waals surface area contributed by atoms with E-state index in [1.807, 2.05) is 6.92 Å². The van der Waals surface area contributed by atoms with Crippen LogP contribution in [0.25, 0.3) is 17.3 Å². The number of H-pyrrole nitrogens is 1. The van der Waals surface area contributed by atoms with Gasteiger partial charge >= 0.3 is 0 Å². The maximum atomic E-state index is 13.7. The van der Waals surface area contributed by atoms with Gasteiger partial charge in [0.05, 0.1) is 10.7 Å². The summed E-state index contributed by atoms with van der Waals surface area (Å²) in [6.45, 7) is 1.91. The minimum atomic E-state index is -0.562. The number of carbonyl (C=O) groups is 1. The normalized spacial score (nSPS) is 11.0. The molecule has 114 valence electrons. The van der Waals surface area contributed by atoms with E-state index in [0.29, 0.717) is 35.6 Å². The molecule has 2 aromatic rings. The van der Waals surface area contributed by atoms with Crippen molar-refractivity contribution in [3.8, 4) is 11.3 Å². The summed E-state index contributed by atoms with van der Waals surface area (Å²) in [6, 6.07) is 4.31. The Kier molecular flexibility index (Phi) is 5.22. The number of allylic oxidation sites excluding steroid dienone is 1. The first-order valence-corrected chi connectivity index (χ1v) is 7.20. The molecule has 0 bridgehead atoms. The second-order valence-corrected chi connectivity index (χ2v) is 5.08. The average Bonchev–Trinajstić information content (AvgIpc) is 2.92. The molecule has 0 aliphatic rings. The number of nitrogens with one attached hydrogen (secondary N) is 2. The van der Waals surface area contributed by atoms with E-state index in [0.717, 1.165) is 6.21 Å². The fourth-order valence-corrected chi connectivity index (χ4v) is 2.13. The predicted molar refractivity (Wildman–Crippen MR) is 86.0 cm³/mol. The van der Waals surface area contributed by atoms with Gasteiger partial charge in [0, 0.05) is 18.2 Å². The molecule has 0 unspecified atom stereocenters. The van der Waals surface area contributed by atoms with E-state index >= 15 is 0 Å². The number of rotatable bonds is 6. The van der Waals surface area contributed by atoms with Crippen LogP contribution in [-0.4, -0.2) is 22.0 Å². The van der Waals surface area contributed by atoms with Crippen molar-refractivity contribution >= 4 is 29.7 Å². The summed E-state index contributed by atoms with van der Waals surface area (Å²) < 4.78 is 13.7. The lowest BCUT2D eigenvalue weighted by molar-refractivity contribution is 0.0978. The number of ketones is 1. The Balaban J connectivity index is 2.53. The van der Waals surface area contributed by atoms with Gasteiger partial charge in [0.15, 0.2) is 5.78 Å². The van der Waals surface area contributed by atoms with Crippen LogP contribution in [0.3, 0.4) is 0 Å². The van der Waals surface area contributed by atoms with Gasteiger partial charge in [0.2, 0.25) is 0 Å². The molecule has 0 spiro atoms. The molecule has 6 heteroatoms. The number of aromatic amines is 1. The van der Waals surface area contributed by atoms with Crippen LogP contribution in [0.1, 0.15) is 36.1 Å². The highest BCUT2D eigenvalue weighted by molar-refractivity contribution is 6.30. The quantitative estimate of drug-likeness (QED) is 0.607. The van der Waals surface area contributed by atoms with Crippen LogP contribution in [0.2, 0.25) is 5.02 Å². The Morgan fingerprint density at radius 2 is 2.27 bits per heavy atom. The zero-order chi connectivity index (χ0) is 16.1. The molecule has 0 saturated heterocycles. The smallest absolute Gasteiger partial charge is 0.181 e. The number of benzene rings is 1. The number of hydrogen-bond acceptors (Lipinski definition) is 3. The van der Waals surface area contributed by atoms with Crippen LogP contribution in [0.15, 0.2) is 24.3 Å². The minimum absolute atomic E-state index is 0.0182. The van der Waals surface area contributed by atoms with Crippen molar-refractivity contribution in [3.63, 3.8) is 0 Å².